The topological polar surface area (TPSA) is 20.2 Å². The lowest BCUT2D eigenvalue weighted by Gasteiger charge is -2.31. The van der Waals surface area contributed by atoms with Gasteiger partial charge in [-0.2, -0.15) is 0 Å². The van der Waals surface area contributed by atoms with Crippen LogP contribution in [0.25, 0.3) is 0 Å². The molecule has 0 heterocycles. The predicted molar refractivity (Wildman–Crippen MR) is 53.3 cm³/mol. The summed E-state index contributed by atoms with van der Waals surface area (Å²) in [5.41, 5.74) is 1.41. The van der Waals surface area contributed by atoms with Gasteiger partial charge in [-0.25, -0.2) is 0 Å². The molecule has 0 aromatic heterocycles. The van der Waals surface area contributed by atoms with E-state index in [1.165, 1.54) is 12.0 Å². The zero-order chi connectivity index (χ0) is 8.55. The molecule has 2 atom stereocenters. The molecule has 1 saturated carbocycles. The Balaban J connectivity index is 2.15. The molecule has 0 aromatic carbocycles. The van der Waals surface area contributed by atoms with Crippen molar-refractivity contribution in [2.45, 2.75) is 38.2 Å². The number of thiocarbonyl (C=S) groups is 1. The molecule has 66 valence electrons. The second-order valence-electron chi connectivity index (χ2n) is 3.86. The Labute approximate surface area is 78.5 Å². The lowest BCUT2D eigenvalue weighted by Crippen LogP contribution is -2.24. The van der Waals surface area contributed by atoms with Crippen molar-refractivity contribution in [2.24, 2.45) is 5.92 Å². The highest BCUT2D eigenvalue weighted by atomic mass is 32.1. The van der Waals surface area contributed by atoms with Crippen LogP contribution in [0.2, 0.25) is 0 Å². The van der Waals surface area contributed by atoms with E-state index in [2.05, 4.69) is 6.08 Å². The van der Waals surface area contributed by atoms with Gasteiger partial charge in [0.1, 0.15) is 0 Å². The third kappa shape index (κ3) is 1.59. The van der Waals surface area contributed by atoms with Gasteiger partial charge >= 0.3 is 0 Å². The molecule has 0 saturated heterocycles. The molecule has 12 heavy (non-hydrogen) atoms. The number of aliphatic hydroxyl groups excluding tert-OH is 1. The Hall–Kier alpha value is -0.210. The van der Waals surface area contributed by atoms with Gasteiger partial charge in [-0.3, -0.25) is 0 Å². The molecule has 2 aliphatic carbocycles. The van der Waals surface area contributed by atoms with Crippen molar-refractivity contribution in [3.05, 3.63) is 11.6 Å². The Morgan fingerprint density at radius 1 is 1.33 bits per heavy atom. The van der Waals surface area contributed by atoms with Gasteiger partial charge in [0.25, 0.3) is 0 Å². The van der Waals surface area contributed by atoms with Crippen LogP contribution >= 0.6 is 12.2 Å². The first-order valence-electron chi connectivity index (χ1n) is 4.67. The summed E-state index contributed by atoms with van der Waals surface area (Å²) in [5, 5.41) is 9.45. The van der Waals surface area contributed by atoms with Crippen LogP contribution in [0.4, 0.5) is 0 Å². The van der Waals surface area contributed by atoms with E-state index >= 15 is 0 Å². The lowest BCUT2D eigenvalue weighted by atomic mass is 9.77. The molecular weight excluding hydrogens is 168 g/mol. The zero-order valence-electron chi connectivity index (χ0n) is 7.12. The van der Waals surface area contributed by atoms with E-state index in [0.29, 0.717) is 0 Å². The van der Waals surface area contributed by atoms with Crippen LogP contribution in [0.1, 0.15) is 32.1 Å². The predicted octanol–water partition coefficient (Wildman–Crippen LogP) is 2.24. The summed E-state index contributed by atoms with van der Waals surface area (Å²) in [5.74, 6) is 0.736. The fourth-order valence-electron chi connectivity index (χ4n) is 2.22. The van der Waals surface area contributed by atoms with Crippen LogP contribution in [0, 0.1) is 5.92 Å². The Bertz CT molecular complexity index is 232. The Morgan fingerprint density at radius 2 is 2.17 bits per heavy atom. The quantitative estimate of drug-likeness (QED) is 0.580. The standard InChI is InChI=1S/C10H14OS/c11-9-3-1-7-2-4-10(12)6-8(7)5-9/h6-7,9,11H,1-5H2. The maximum Gasteiger partial charge on any atom is 0.0577 e. The summed E-state index contributed by atoms with van der Waals surface area (Å²) in [6.07, 6.45) is 7.34. The van der Waals surface area contributed by atoms with E-state index in [9.17, 15) is 5.11 Å². The summed E-state index contributed by atoms with van der Waals surface area (Å²) in [4.78, 5) is 1.08. The summed E-state index contributed by atoms with van der Waals surface area (Å²) in [6.45, 7) is 0. The van der Waals surface area contributed by atoms with E-state index < -0.39 is 0 Å². The number of hydrogen-bond acceptors (Lipinski definition) is 2. The van der Waals surface area contributed by atoms with Gasteiger partial charge in [0.05, 0.1) is 6.10 Å². The minimum Gasteiger partial charge on any atom is -0.393 e. The van der Waals surface area contributed by atoms with Crippen molar-refractivity contribution in [1.82, 2.24) is 0 Å². The van der Waals surface area contributed by atoms with Crippen LogP contribution in [0.15, 0.2) is 11.6 Å². The number of allylic oxidation sites excluding steroid dienone is 1. The minimum absolute atomic E-state index is 0.103. The molecule has 0 radical (unpaired) electrons. The van der Waals surface area contributed by atoms with Crippen LogP contribution in [0.3, 0.4) is 0 Å². The third-order valence-electron chi connectivity index (χ3n) is 2.93. The first-order chi connectivity index (χ1) is 5.75. The van der Waals surface area contributed by atoms with Gasteiger partial charge in [-0.15, -0.1) is 0 Å². The number of rotatable bonds is 0. The highest BCUT2D eigenvalue weighted by molar-refractivity contribution is 7.80. The first kappa shape index (κ1) is 8.39. The Kier molecular flexibility index (Phi) is 2.28. The van der Waals surface area contributed by atoms with Gasteiger partial charge in [0, 0.05) is 4.86 Å². The molecule has 1 fully saturated rings. The fraction of sp³-hybridized carbons (Fsp3) is 0.700. The van der Waals surface area contributed by atoms with E-state index in [0.717, 1.165) is 36.5 Å². The molecule has 2 aliphatic rings. The molecule has 0 aliphatic heterocycles. The normalized spacial score (nSPS) is 35.8. The number of fused-ring (bicyclic) bond motifs is 1. The molecule has 0 aromatic rings. The molecule has 1 nitrogen and oxygen atoms in total. The first-order valence-corrected chi connectivity index (χ1v) is 5.08. The molecule has 0 amide bonds. The second kappa shape index (κ2) is 3.27. The molecule has 1 N–H and O–H groups in total. The third-order valence-corrected chi connectivity index (χ3v) is 3.25. The number of aliphatic hydroxyl groups is 1. The van der Waals surface area contributed by atoms with E-state index in [-0.39, 0.29) is 6.10 Å². The van der Waals surface area contributed by atoms with Gasteiger partial charge in [0.15, 0.2) is 0 Å². The van der Waals surface area contributed by atoms with E-state index in [4.69, 9.17) is 12.2 Å². The van der Waals surface area contributed by atoms with Crippen LogP contribution in [-0.4, -0.2) is 16.1 Å². The van der Waals surface area contributed by atoms with Crippen molar-refractivity contribution in [1.29, 1.82) is 0 Å². The van der Waals surface area contributed by atoms with Crippen molar-refractivity contribution < 1.29 is 5.11 Å². The minimum atomic E-state index is -0.103. The van der Waals surface area contributed by atoms with Gasteiger partial charge in [-0.1, -0.05) is 17.8 Å². The number of hydrogen-bond donors (Lipinski definition) is 1. The maximum absolute atomic E-state index is 9.45. The van der Waals surface area contributed by atoms with Crippen molar-refractivity contribution in [3.63, 3.8) is 0 Å². The summed E-state index contributed by atoms with van der Waals surface area (Å²) in [7, 11) is 0. The van der Waals surface area contributed by atoms with Gasteiger partial charge in [-0.05, 0) is 44.1 Å². The molecule has 2 unspecified atom stereocenters. The van der Waals surface area contributed by atoms with Gasteiger partial charge in [0.2, 0.25) is 0 Å². The van der Waals surface area contributed by atoms with Gasteiger partial charge < -0.3 is 5.11 Å². The van der Waals surface area contributed by atoms with Crippen LogP contribution < -0.4 is 0 Å². The summed E-state index contributed by atoms with van der Waals surface area (Å²) in [6, 6.07) is 0. The molecule has 0 bridgehead atoms. The lowest BCUT2D eigenvalue weighted by molar-refractivity contribution is 0.134. The van der Waals surface area contributed by atoms with Crippen molar-refractivity contribution in [3.8, 4) is 0 Å². The monoisotopic (exact) mass is 182 g/mol. The molecule has 0 spiro atoms. The highest BCUT2D eigenvalue weighted by Gasteiger charge is 2.26. The van der Waals surface area contributed by atoms with Crippen LogP contribution in [0.5, 0.6) is 0 Å². The van der Waals surface area contributed by atoms with E-state index in [1.807, 2.05) is 0 Å². The largest absolute Gasteiger partial charge is 0.393 e. The maximum atomic E-state index is 9.45. The second-order valence-corrected chi connectivity index (χ2v) is 4.38. The Morgan fingerprint density at radius 3 is 3.00 bits per heavy atom. The molecule has 2 heteroatoms. The summed E-state index contributed by atoms with van der Waals surface area (Å²) < 4.78 is 0. The smallest absolute Gasteiger partial charge is 0.0577 e. The SMILES string of the molecule is OC1CCC2CCC(=S)C=C2C1. The molecule has 2 rings (SSSR count). The van der Waals surface area contributed by atoms with Crippen molar-refractivity contribution in [2.75, 3.05) is 0 Å². The summed E-state index contributed by atoms with van der Waals surface area (Å²) >= 11 is 5.15. The van der Waals surface area contributed by atoms with Crippen molar-refractivity contribution >= 4 is 17.1 Å². The average Bonchev–Trinajstić information content (AvgIpc) is 2.03. The molecular formula is C10H14OS. The zero-order valence-corrected chi connectivity index (χ0v) is 7.94. The average molecular weight is 182 g/mol. The van der Waals surface area contributed by atoms with E-state index in [1.54, 1.807) is 0 Å². The fourth-order valence-corrected chi connectivity index (χ4v) is 2.49. The van der Waals surface area contributed by atoms with Crippen LogP contribution in [-0.2, 0) is 0 Å². The highest BCUT2D eigenvalue weighted by Crippen LogP contribution is 2.35.